The van der Waals surface area contributed by atoms with Crippen LogP contribution >= 0.6 is 11.8 Å². The van der Waals surface area contributed by atoms with Crippen LogP contribution in [0.3, 0.4) is 0 Å². The molecule has 0 aromatic heterocycles. The molecular weight excluding hydrogens is 208 g/mol. The van der Waals surface area contributed by atoms with E-state index in [1.165, 1.54) is 25.7 Å². The first-order chi connectivity index (χ1) is 7.33. The van der Waals surface area contributed by atoms with Gasteiger partial charge in [-0.2, -0.15) is 11.8 Å². The van der Waals surface area contributed by atoms with Crippen LogP contribution in [0.15, 0.2) is 0 Å². The smallest absolute Gasteiger partial charge is 0.0438 e. The Balaban J connectivity index is 1.87. The molecule has 0 aliphatic heterocycles. The summed E-state index contributed by atoms with van der Waals surface area (Å²) in [5.41, 5.74) is 5.85. The van der Waals surface area contributed by atoms with E-state index in [0.29, 0.717) is 18.7 Å². The number of aliphatic hydroxyl groups is 1. The van der Waals surface area contributed by atoms with Crippen molar-refractivity contribution in [3.05, 3.63) is 0 Å². The molecule has 0 aromatic carbocycles. The summed E-state index contributed by atoms with van der Waals surface area (Å²) in [5, 5.41) is 12.2. The van der Waals surface area contributed by atoms with E-state index in [4.69, 9.17) is 10.8 Å². The Kier molecular flexibility index (Phi) is 7.44. The van der Waals surface area contributed by atoms with E-state index < -0.39 is 0 Å². The highest BCUT2D eigenvalue weighted by Crippen LogP contribution is 2.16. The summed E-state index contributed by atoms with van der Waals surface area (Å²) in [7, 11) is 0. The molecule has 0 amide bonds. The maximum absolute atomic E-state index is 8.61. The van der Waals surface area contributed by atoms with Crippen LogP contribution in [0.5, 0.6) is 0 Å². The van der Waals surface area contributed by atoms with Gasteiger partial charge in [0.05, 0.1) is 0 Å². The molecule has 90 valence electrons. The van der Waals surface area contributed by atoms with Crippen molar-refractivity contribution in [3.63, 3.8) is 0 Å². The van der Waals surface area contributed by atoms with Gasteiger partial charge in [0, 0.05) is 31.0 Å². The third kappa shape index (κ3) is 6.40. The largest absolute Gasteiger partial charge is 0.396 e. The Bertz CT molecular complexity index is 150. The first-order valence-electron chi connectivity index (χ1n) is 6.00. The SMILES string of the molecule is NC1CCC(NCCSCCCO)CC1. The van der Waals surface area contributed by atoms with Gasteiger partial charge in [-0.1, -0.05) is 0 Å². The lowest BCUT2D eigenvalue weighted by atomic mass is 9.92. The lowest BCUT2D eigenvalue weighted by molar-refractivity contribution is 0.296. The first kappa shape index (κ1) is 13.3. The molecule has 0 radical (unpaired) electrons. The lowest BCUT2D eigenvalue weighted by Gasteiger charge is -2.26. The van der Waals surface area contributed by atoms with Crippen LogP contribution in [0.1, 0.15) is 32.1 Å². The molecule has 3 nitrogen and oxygen atoms in total. The van der Waals surface area contributed by atoms with Crippen LogP contribution in [0.25, 0.3) is 0 Å². The van der Waals surface area contributed by atoms with E-state index in [1.807, 2.05) is 11.8 Å². The fourth-order valence-electron chi connectivity index (χ4n) is 1.93. The summed E-state index contributed by atoms with van der Waals surface area (Å²) in [6, 6.07) is 1.14. The number of nitrogens with two attached hydrogens (primary N) is 1. The molecule has 0 heterocycles. The van der Waals surface area contributed by atoms with Gasteiger partial charge in [-0.15, -0.1) is 0 Å². The van der Waals surface area contributed by atoms with Gasteiger partial charge in [0.1, 0.15) is 0 Å². The summed E-state index contributed by atoms with van der Waals surface area (Å²) in [6.45, 7) is 1.41. The molecule has 0 atom stereocenters. The molecule has 4 heteroatoms. The number of hydrogen-bond donors (Lipinski definition) is 3. The Morgan fingerprint density at radius 1 is 1.20 bits per heavy atom. The van der Waals surface area contributed by atoms with Gasteiger partial charge in [0.25, 0.3) is 0 Å². The van der Waals surface area contributed by atoms with Gasteiger partial charge in [-0.05, 0) is 37.9 Å². The normalized spacial score (nSPS) is 26.8. The van der Waals surface area contributed by atoms with Crippen LogP contribution in [0.4, 0.5) is 0 Å². The molecule has 0 unspecified atom stereocenters. The molecule has 4 N–H and O–H groups in total. The molecule has 0 bridgehead atoms. The zero-order valence-electron chi connectivity index (χ0n) is 9.45. The van der Waals surface area contributed by atoms with E-state index in [9.17, 15) is 0 Å². The summed E-state index contributed by atoms with van der Waals surface area (Å²) in [5.74, 6) is 2.23. The summed E-state index contributed by atoms with van der Waals surface area (Å²) >= 11 is 1.92. The second kappa shape index (κ2) is 8.39. The van der Waals surface area contributed by atoms with E-state index in [1.54, 1.807) is 0 Å². The second-order valence-electron chi connectivity index (χ2n) is 4.26. The van der Waals surface area contributed by atoms with Gasteiger partial charge in [0.2, 0.25) is 0 Å². The Labute approximate surface area is 97.2 Å². The highest BCUT2D eigenvalue weighted by atomic mass is 32.2. The highest BCUT2D eigenvalue weighted by molar-refractivity contribution is 7.99. The summed E-state index contributed by atoms with van der Waals surface area (Å²) < 4.78 is 0. The minimum atomic E-state index is 0.320. The fourth-order valence-corrected chi connectivity index (χ4v) is 2.73. The lowest BCUT2D eigenvalue weighted by Crippen LogP contribution is -2.38. The van der Waals surface area contributed by atoms with Crippen LogP contribution in [-0.2, 0) is 0 Å². The number of thioether (sulfide) groups is 1. The van der Waals surface area contributed by atoms with Crippen molar-refractivity contribution >= 4 is 11.8 Å². The molecule has 1 fully saturated rings. The van der Waals surface area contributed by atoms with E-state index in [0.717, 1.165) is 24.5 Å². The van der Waals surface area contributed by atoms with Crippen molar-refractivity contribution in [1.29, 1.82) is 0 Å². The van der Waals surface area contributed by atoms with Crippen molar-refractivity contribution in [2.75, 3.05) is 24.7 Å². The van der Waals surface area contributed by atoms with Crippen LogP contribution in [0.2, 0.25) is 0 Å². The number of hydrogen-bond acceptors (Lipinski definition) is 4. The van der Waals surface area contributed by atoms with Gasteiger partial charge in [0.15, 0.2) is 0 Å². The van der Waals surface area contributed by atoms with Gasteiger partial charge in [-0.3, -0.25) is 0 Å². The predicted molar refractivity (Wildman–Crippen MR) is 67.3 cm³/mol. The number of rotatable bonds is 7. The molecule has 1 rings (SSSR count). The number of nitrogens with one attached hydrogen (secondary N) is 1. The van der Waals surface area contributed by atoms with Crippen LogP contribution < -0.4 is 11.1 Å². The molecule has 1 aliphatic rings. The highest BCUT2D eigenvalue weighted by Gasteiger charge is 2.17. The predicted octanol–water partition coefficient (Wildman–Crippen LogP) is 0.961. The van der Waals surface area contributed by atoms with E-state index in [-0.39, 0.29) is 0 Å². The third-order valence-corrected chi connectivity index (χ3v) is 3.97. The zero-order chi connectivity index (χ0) is 10.9. The molecule has 0 aromatic rings. The summed E-state index contributed by atoms with van der Waals surface area (Å²) in [4.78, 5) is 0. The Hall–Kier alpha value is 0.230. The second-order valence-corrected chi connectivity index (χ2v) is 5.48. The monoisotopic (exact) mass is 232 g/mol. The molecule has 1 aliphatic carbocycles. The Morgan fingerprint density at radius 2 is 1.93 bits per heavy atom. The van der Waals surface area contributed by atoms with Gasteiger partial charge in [-0.25, -0.2) is 0 Å². The molecule has 1 saturated carbocycles. The van der Waals surface area contributed by atoms with E-state index >= 15 is 0 Å². The van der Waals surface area contributed by atoms with E-state index in [2.05, 4.69) is 5.32 Å². The molecule has 0 spiro atoms. The summed E-state index contributed by atoms with van der Waals surface area (Å²) in [6.07, 6.45) is 5.75. The average Bonchev–Trinajstić information content (AvgIpc) is 2.26. The van der Waals surface area contributed by atoms with Crippen molar-refractivity contribution in [2.45, 2.75) is 44.2 Å². The van der Waals surface area contributed by atoms with Crippen molar-refractivity contribution < 1.29 is 5.11 Å². The third-order valence-electron chi connectivity index (χ3n) is 2.90. The minimum Gasteiger partial charge on any atom is -0.396 e. The number of aliphatic hydroxyl groups excluding tert-OH is 1. The maximum Gasteiger partial charge on any atom is 0.0438 e. The molecule has 15 heavy (non-hydrogen) atoms. The topological polar surface area (TPSA) is 58.3 Å². The minimum absolute atomic E-state index is 0.320. The molecule has 0 saturated heterocycles. The zero-order valence-corrected chi connectivity index (χ0v) is 10.3. The van der Waals surface area contributed by atoms with Crippen LogP contribution in [-0.4, -0.2) is 41.8 Å². The maximum atomic E-state index is 8.61. The quantitative estimate of drug-likeness (QED) is 0.572. The van der Waals surface area contributed by atoms with Crippen molar-refractivity contribution in [3.8, 4) is 0 Å². The van der Waals surface area contributed by atoms with Crippen molar-refractivity contribution in [1.82, 2.24) is 5.32 Å². The fraction of sp³-hybridized carbons (Fsp3) is 1.00. The van der Waals surface area contributed by atoms with Crippen LogP contribution in [0, 0.1) is 0 Å². The Morgan fingerprint density at radius 3 is 2.60 bits per heavy atom. The average molecular weight is 232 g/mol. The van der Waals surface area contributed by atoms with Crippen molar-refractivity contribution in [2.24, 2.45) is 5.73 Å². The molecular formula is C11H24N2OS. The van der Waals surface area contributed by atoms with Gasteiger partial charge < -0.3 is 16.2 Å². The first-order valence-corrected chi connectivity index (χ1v) is 7.16. The van der Waals surface area contributed by atoms with Gasteiger partial charge >= 0.3 is 0 Å². The standard InChI is InChI=1S/C11H24N2OS/c12-10-2-4-11(5-3-10)13-6-9-15-8-1-7-14/h10-11,13-14H,1-9,12H2.